The predicted octanol–water partition coefficient (Wildman–Crippen LogP) is 2.66. The van der Waals surface area contributed by atoms with Gasteiger partial charge in [0.25, 0.3) is 0 Å². The maximum atomic E-state index is 12.2. The number of guanidine groups is 1. The molecule has 0 bridgehead atoms. The molecule has 1 saturated heterocycles. The molecule has 7 heteroatoms. The van der Waals surface area contributed by atoms with Crippen LogP contribution in [0.2, 0.25) is 0 Å². The number of hydrogen-bond acceptors (Lipinski definition) is 4. The van der Waals surface area contributed by atoms with Gasteiger partial charge in [0.05, 0.1) is 13.7 Å². The quantitative estimate of drug-likeness (QED) is 0.415. The molecule has 0 spiro atoms. The molecule has 7 nitrogen and oxygen atoms in total. The Balaban J connectivity index is 1.36. The molecule has 0 aliphatic carbocycles. The van der Waals surface area contributed by atoms with Crippen LogP contribution in [-0.2, 0) is 24.4 Å². The van der Waals surface area contributed by atoms with Crippen LogP contribution < -0.4 is 20.7 Å². The Kier molecular flexibility index (Phi) is 9.37. The van der Waals surface area contributed by atoms with E-state index in [-0.39, 0.29) is 12.5 Å². The van der Waals surface area contributed by atoms with E-state index < -0.39 is 0 Å². The number of amides is 1. The Bertz CT molecular complexity index is 859. The largest absolute Gasteiger partial charge is 0.497 e. The monoisotopic (exact) mass is 437 g/mol. The lowest BCUT2D eigenvalue weighted by molar-refractivity contribution is -0.120. The molecule has 1 aliphatic rings. The van der Waals surface area contributed by atoms with E-state index >= 15 is 0 Å². The van der Waals surface area contributed by atoms with Crippen molar-refractivity contribution < 1.29 is 9.53 Å². The van der Waals surface area contributed by atoms with E-state index in [0.717, 1.165) is 17.9 Å². The number of aliphatic imine (C=N–C) groups is 1. The van der Waals surface area contributed by atoms with E-state index in [9.17, 15) is 4.79 Å². The van der Waals surface area contributed by atoms with Crippen molar-refractivity contribution in [3.63, 3.8) is 0 Å². The van der Waals surface area contributed by atoms with E-state index in [2.05, 4.69) is 50.1 Å². The maximum Gasteiger partial charge on any atom is 0.239 e. The molecule has 3 rings (SSSR count). The van der Waals surface area contributed by atoms with Crippen molar-refractivity contribution in [2.24, 2.45) is 4.99 Å². The van der Waals surface area contributed by atoms with Gasteiger partial charge in [-0.15, -0.1) is 0 Å². The van der Waals surface area contributed by atoms with Crippen molar-refractivity contribution in [2.75, 3.05) is 33.8 Å². The Labute approximate surface area is 191 Å². The third-order valence-electron chi connectivity index (χ3n) is 5.63. The number of ether oxygens (including phenoxy) is 1. The minimum atomic E-state index is -0.0918. The normalized spacial score (nSPS) is 14.6. The van der Waals surface area contributed by atoms with Gasteiger partial charge in [0.2, 0.25) is 5.91 Å². The summed E-state index contributed by atoms with van der Waals surface area (Å²) in [5, 5.41) is 9.22. The molecule has 1 amide bonds. The van der Waals surface area contributed by atoms with Crippen molar-refractivity contribution in [3.05, 3.63) is 65.2 Å². The van der Waals surface area contributed by atoms with E-state index in [0.29, 0.717) is 19.0 Å². The lowest BCUT2D eigenvalue weighted by Gasteiger charge is -2.26. The highest BCUT2D eigenvalue weighted by atomic mass is 16.5. The van der Waals surface area contributed by atoms with Crippen LogP contribution >= 0.6 is 0 Å². The Morgan fingerprint density at radius 2 is 1.47 bits per heavy atom. The first-order valence-electron chi connectivity index (χ1n) is 11.3. The average Bonchev–Trinajstić information content (AvgIpc) is 2.84. The number of hydrogen-bond donors (Lipinski definition) is 3. The Morgan fingerprint density at radius 1 is 0.875 bits per heavy atom. The number of likely N-dealkylation sites (tertiary alicyclic amines) is 1. The summed E-state index contributed by atoms with van der Waals surface area (Å²) < 4.78 is 5.14. The summed E-state index contributed by atoms with van der Waals surface area (Å²) in [6.07, 6.45) is 3.99. The minimum absolute atomic E-state index is 0.0918. The number of carbonyl (C=O) groups excluding carboxylic acids is 1. The van der Waals surface area contributed by atoms with E-state index in [4.69, 9.17) is 4.74 Å². The highest BCUT2D eigenvalue weighted by molar-refractivity contribution is 5.86. The molecule has 0 radical (unpaired) electrons. The van der Waals surface area contributed by atoms with Crippen LogP contribution in [0.1, 0.15) is 36.0 Å². The molecule has 3 N–H and O–H groups in total. The molecule has 0 atom stereocenters. The molecule has 0 unspecified atom stereocenters. The summed E-state index contributed by atoms with van der Waals surface area (Å²) in [5.41, 5.74) is 3.55. The van der Waals surface area contributed by atoms with Gasteiger partial charge in [-0.1, -0.05) is 42.8 Å². The highest BCUT2D eigenvalue weighted by Gasteiger charge is 2.10. The zero-order valence-corrected chi connectivity index (χ0v) is 19.2. The molecule has 172 valence electrons. The van der Waals surface area contributed by atoms with E-state index in [1.54, 1.807) is 14.2 Å². The van der Waals surface area contributed by atoms with E-state index in [1.165, 1.54) is 43.5 Å². The lowest BCUT2D eigenvalue weighted by atomic mass is 10.1. The van der Waals surface area contributed by atoms with Crippen LogP contribution in [0.5, 0.6) is 5.75 Å². The summed E-state index contributed by atoms with van der Waals surface area (Å²) in [4.78, 5) is 18.9. The van der Waals surface area contributed by atoms with Crippen LogP contribution in [0.3, 0.4) is 0 Å². The van der Waals surface area contributed by atoms with Crippen LogP contribution in [0.4, 0.5) is 0 Å². The smallest absolute Gasteiger partial charge is 0.239 e. The molecule has 0 aromatic heterocycles. The first-order valence-corrected chi connectivity index (χ1v) is 11.3. The van der Waals surface area contributed by atoms with Gasteiger partial charge < -0.3 is 20.7 Å². The van der Waals surface area contributed by atoms with Crippen molar-refractivity contribution in [1.29, 1.82) is 0 Å². The fraction of sp³-hybridized carbons (Fsp3) is 0.440. The summed E-state index contributed by atoms with van der Waals surface area (Å²) in [7, 11) is 3.33. The number of carbonyl (C=O) groups is 1. The second kappa shape index (κ2) is 12.7. The molecular weight excluding hydrogens is 402 g/mol. The van der Waals surface area contributed by atoms with Crippen molar-refractivity contribution in [3.8, 4) is 5.75 Å². The number of benzene rings is 2. The number of nitrogens with one attached hydrogen (secondary N) is 3. The molecule has 1 heterocycles. The molecule has 32 heavy (non-hydrogen) atoms. The fourth-order valence-corrected chi connectivity index (χ4v) is 3.72. The zero-order chi connectivity index (χ0) is 22.6. The number of methoxy groups -OCH3 is 1. The zero-order valence-electron chi connectivity index (χ0n) is 19.2. The van der Waals surface area contributed by atoms with Crippen molar-refractivity contribution in [2.45, 2.75) is 38.9 Å². The molecule has 2 aromatic rings. The molecule has 2 aromatic carbocycles. The minimum Gasteiger partial charge on any atom is -0.497 e. The fourth-order valence-electron chi connectivity index (χ4n) is 3.72. The van der Waals surface area contributed by atoms with Gasteiger partial charge in [-0.25, -0.2) is 0 Å². The third kappa shape index (κ3) is 7.89. The number of piperidine rings is 1. The van der Waals surface area contributed by atoms with Gasteiger partial charge >= 0.3 is 0 Å². The standard InChI is InChI=1S/C25H35N5O2/c1-26-25(29-18-24(31)27-16-21-10-12-23(32-2)13-11-21)28-17-20-6-8-22(9-7-20)19-30-14-4-3-5-15-30/h6-13H,3-5,14-19H2,1-2H3,(H,27,31)(H2,26,28,29). The van der Waals surface area contributed by atoms with Crippen LogP contribution in [0.15, 0.2) is 53.5 Å². The second-order valence-corrected chi connectivity index (χ2v) is 8.06. The summed E-state index contributed by atoms with van der Waals surface area (Å²) >= 11 is 0. The SMILES string of the molecule is CN=C(NCC(=O)NCc1ccc(OC)cc1)NCc1ccc(CN2CCCCC2)cc1. The summed E-state index contributed by atoms with van der Waals surface area (Å²) in [5.74, 6) is 1.31. The molecular formula is C25H35N5O2. The first kappa shape index (κ1) is 23.6. The lowest BCUT2D eigenvalue weighted by Crippen LogP contribution is -2.42. The van der Waals surface area contributed by atoms with Gasteiger partial charge in [0.15, 0.2) is 5.96 Å². The molecule has 1 fully saturated rings. The van der Waals surface area contributed by atoms with Gasteiger partial charge in [0.1, 0.15) is 5.75 Å². The number of rotatable bonds is 9. The summed E-state index contributed by atoms with van der Waals surface area (Å²) in [6, 6.07) is 16.3. The van der Waals surface area contributed by atoms with Gasteiger partial charge in [-0.05, 0) is 54.8 Å². The van der Waals surface area contributed by atoms with E-state index in [1.807, 2.05) is 24.3 Å². The molecule has 0 saturated carbocycles. The highest BCUT2D eigenvalue weighted by Crippen LogP contribution is 2.14. The van der Waals surface area contributed by atoms with Crippen molar-refractivity contribution >= 4 is 11.9 Å². The topological polar surface area (TPSA) is 78.0 Å². The summed E-state index contributed by atoms with van der Waals surface area (Å²) in [6.45, 7) is 4.72. The maximum absolute atomic E-state index is 12.2. The molecule has 1 aliphatic heterocycles. The number of nitrogens with zero attached hydrogens (tertiary/aromatic N) is 2. The predicted molar refractivity (Wildman–Crippen MR) is 129 cm³/mol. The van der Waals surface area contributed by atoms with Crippen LogP contribution in [0.25, 0.3) is 0 Å². The Morgan fingerprint density at radius 3 is 2.09 bits per heavy atom. The first-order chi connectivity index (χ1) is 15.7. The third-order valence-corrected chi connectivity index (χ3v) is 5.63. The van der Waals surface area contributed by atoms with Gasteiger partial charge in [-0.2, -0.15) is 0 Å². The van der Waals surface area contributed by atoms with Gasteiger partial charge in [0, 0.05) is 26.7 Å². The van der Waals surface area contributed by atoms with Crippen molar-refractivity contribution in [1.82, 2.24) is 20.9 Å². The van der Waals surface area contributed by atoms with Crippen LogP contribution in [-0.4, -0.2) is 50.6 Å². The van der Waals surface area contributed by atoms with Crippen LogP contribution in [0, 0.1) is 0 Å². The second-order valence-electron chi connectivity index (χ2n) is 8.06. The Hall–Kier alpha value is -3.06. The van der Waals surface area contributed by atoms with Gasteiger partial charge in [-0.3, -0.25) is 14.7 Å². The average molecular weight is 438 g/mol.